The van der Waals surface area contributed by atoms with Crippen molar-refractivity contribution in [3.63, 3.8) is 0 Å². The summed E-state index contributed by atoms with van der Waals surface area (Å²) in [5, 5.41) is 13.4. The smallest absolute Gasteiger partial charge is 0.186 e. The van der Waals surface area contributed by atoms with Crippen LogP contribution < -0.4 is 5.73 Å². The Balaban J connectivity index is 2.73. The average Bonchev–Trinajstić information content (AvgIpc) is 2.76. The van der Waals surface area contributed by atoms with Gasteiger partial charge < -0.3 is 5.73 Å². The Bertz CT molecular complexity index is 646. The Morgan fingerprint density at radius 2 is 2.05 bits per heavy atom. The zero-order valence-electron chi connectivity index (χ0n) is 11.6. The Morgan fingerprint density at radius 3 is 2.50 bits per heavy atom. The highest BCUT2D eigenvalue weighted by Gasteiger charge is 2.19. The lowest BCUT2D eigenvalue weighted by Gasteiger charge is -2.14. The molecule has 2 rings (SSSR count). The van der Waals surface area contributed by atoms with Crippen LogP contribution in [0.15, 0.2) is 6.20 Å². The van der Waals surface area contributed by atoms with E-state index in [0.29, 0.717) is 15.8 Å². The standard InChI is InChI=1S/C13H16ClN5S/c1-4-8-10(5-2)16-17-13(11(8)12(15)20)19-6-9(14)7(3)18-19/h6H,4-5H2,1-3H3,(H2,15,20). The van der Waals surface area contributed by atoms with Gasteiger partial charge in [-0.3, -0.25) is 0 Å². The first kappa shape index (κ1) is 14.9. The van der Waals surface area contributed by atoms with E-state index in [2.05, 4.69) is 15.3 Å². The van der Waals surface area contributed by atoms with Gasteiger partial charge in [-0.1, -0.05) is 37.7 Å². The van der Waals surface area contributed by atoms with Crippen LogP contribution in [0.2, 0.25) is 5.02 Å². The first-order chi connectivity index (χ1) is 9.49. The first-order valence-electron chi connectivity index (χ1n) is 6.39. The molecule has 0 saturated heterocycles. The number of aryl methyl sites for hydroxylation is 2. The van der Waals surface area contributed by atoms with Crippen molar-refractivity contribution in [2.75, 3.05) is 0 Å². The van der Waals surface area contributed by atoms with E-state index in [1.165, 1.54) is 0 Å². The molecule has 0 aliphatic carbocycles. The number of hydrogen-bond donors (Lipinski definition) is 1. The maximum absolute atomic E-state index is 6.05. The number of aromatic nitrogens is 4. The molecule has 0 spiro atoms. The molecule has 0 amide bonds. The van der Waals surface area contributed by atoms with E-state index < -0.39 is 0 Å². The zero-order valence-corrected chi connectivity index (χ0v) is 13.2. The van der Waals surface area contributed by atoms with Crippen LogP contribution in [0, 0.1) is 6.92 Å². The molecule has 20 heavy (non-hydrogen) atoms. The number of nitrogens with two attached hydrogens (primary N) is 1. The van der Waals surface area contributed by atoms with Crippen LogP contribution in [0.3, 0.4) is 0 Å². The van der Waals surface area contributed by atoms with Crippen LogP contribution in [0.25, 0.3) is 5.82 Å². The molecule has 5 nitrogen and oxygen atoms in total. The predicted molar refractivity (Wildman–Crippen MR) is 83.5 cm³/mol. The van der Waals surface area contributed by atoms with Crippen molar-refractivity contribution in [1.29, 1.82) is 0 Å². The monoisotopic (exact) mass is 309 g/mol. The summed E-state index contributed by atoms with van der Waals surface area (Å²) >= 11 is 11.2. The third-order valence-corrected chi connectivity index (χ3v) is 3.71. The van der Waals surface area contributed by atoms with Crippen LogP contribution in [-0.4, -0.2) is 25.0 Å². The lowest BCUT2D eigenvalue weighted by atomic mass is 10.0. The summed E-state index contributed by atoms with van der Waals surface area (Å²) in [6.07, 6.45) is 3.26. The fourth-order valence-electron chi connectivity index (χ4n) is 2.13. The van der Waals surface area contributed by atoms with Crippen LogP contribution in [0.5, 0.6) is 0 Å². The van der Waals surface area contributed by atoms with Crippen molar-refractivity contribution in [3.05, 3.63) is 33.7 Å². The van der Waals surface area contributed by atoms with E-state index in [-0.39, 0.29) is 0 Å². The van der Waals surface area contributed by atoms with Crippen LogP contribution in [0.1, 0.15) is 36.4 Å². The van der Waals surface area contributed by atoms with Gasteiger partial charge in [0, 0.05) is 0 Å². The molecule has 0 atom stereocenters. The lowest BCUT2D eigenvalue weighted by Crippen LogP contribution is -2.20. The summed E-state index contributed by atoms with van der Waals surface area (Å²) in [6, 6.07) is 0. The maximum Gasteiger partial charge on any atom is 0.186 e. The minimum Gasteiger partial charge on any atom is -0.389 e. The summed E-state index contributed by atoms with van der Waals surface area (Å²) in [7, 11) is 0. The lowest BCUT2D eigenvalue weighted by molar-refractivity contribution is 0.773. The average molecular weight is 310 g/mol. The molecule has 0 aliphatic heterocycles. The fraction of sp³-hybridized carbons (Fsp3) is 0.385. The molecule has 2 aromatic rings. The summed E-state index contributed by atoms with van der Waals surface area (Å²) in [5.74, 6) is 0.529. The van der Waals surface area contributed by atoms with Gasteiger partial charge in [0.05, 0.1) is 28.2 Å². The minimum absolute atomic E-state index is 0.297. The number of halogens is 1. The van der Waals surface area contributed by atoms with E-state index in [0.717, 1.165) is 35.4 Å². The largest absolute Gasteiger partial charge is 0.389 e. The Morgan fingerprint density at radius 1 is 1.35 bits per heavy atom. The molecule has 0 unspecified atom stereocenters. The topological polar surface area (TPSA) is 69.6 Å². The van der Waals surface area contributed by atoms with Crippen molar-refractivity contribution < 1.29 is 0 Å². The van der Waals surface area contributed by atoms with Crippen molar-refractivity contribution in [2.45, 2.75) is 33.6 Å². The minimum atomic E-state index is 0.297. The zero-order chi connectivity index (χ0) is 14.9. The molecular formula is C13H16ClN5S. The molecule has 106 valence electrons. The molecular weight excluding hydrogens is 294 g/mol. The highest BCUT2D eigenvalue weighted by atomic mass is 35.5. The van der Waals surface area contributed by atoms with Crippen LogP contribution in [0.4, 0.5) is 0 Å². The van der Waals surface area contributed by atoms with Gasteiger partial charge in [0.2, 0.25) is 0 Å². The predicted octanol–water partition coefficient (Wildman–Crippen LogP) is 2.38. The van der Waals surface area contributed by atoms with Crippen molar-refractivity contribution in [3.8, 4) is 5.82 Å². The second kappa shape index (κ2) is 5.85. The highest BCUT2D eigenvalue weighted by molar-refractivity contribution is 7.80. The SMILES string of the molecule is CCc1nnc(-n2cc(Cl)c(C)n2)c(C(N)=S)c1CC. The molecule has 0 aromatic carbocycles. The molecule has 0 radical (unpaired) electrons. The van der Waals surface area contributed by atoms with E-state index in [4.69, 9.17) is 29.6 Å². The van der Waals surface area contributed by atoms with E-state index >= 15 is 0 Å². The number of rotatable bonds is 4. The van der Waals surface area contributed by atoms with E-state index in [1.807, 2.05) is 20.8 Å². The molecule has 2 heterocycles. The number of hydrogen-bond acceptors (Lipinski definition) is 4. The molecule has 0 saturated carbocycles. The van der Waals surface area contributed by atoms with Gasteiger partial charge >= 0.3 is 0 Å². The molecule has 0 fully saturated rings. The Hall–Kier alpha value is -1.53. The van der Waals surface area contributed by atoms with Gasteiger partial charge in [0.25, 0.3) is 0 Å². The van der Waals surface area contributed by atoms with Gasteiger partial charge in [-0.25, -0.2) is 4.68 Å². The molecule has 7 heteroatoms. The maximum atomic E-state index is 6.05. The van der Waals surface area contributed by atoms with E-state index in [9.17, 15) is 0 Å². The van der Waals surface area contributed by atoms with Crippen LogP contribution in [-0.2, 0) is 12.8 Å². The summed E-state index contributed by atoms with van der Waals surface area (Å²) < 4.78 is 1.58. The quantitative estimate of drug-likeness (QED) is 0.878. The van der Waals surface area contributed by atoms with E-state index in [1.54, 1.807) is 10.9 Å². The number of nitrogens with zero attached hydrogens (tertiary/aromatic N) is 4. The van der Waals surface area contributed by atoms with Gasteiger partial charge in [0.15, 0.2) is 5.82 Å². The van der Waals surface area contributed by atoms with Gasteiger partial charge in [-0.15, -0.1) is 5.10 Å². The summed E-state index contributed by atoms with van der Waals surface area (Å²) in [6.45, 7) is 5.90. The van der Waals surface area contributed by atoms with Crippen molar-refractivity contribution in [2.24, 2.45) is 5.73 Å². The number of thiocarbonyl (C=S) groups is 1. The fourth-order valence-corrected chi connectivity index (χ4v) is 2.47. The van der Waals surface area contributed by atoms with Crippen molar-refractivity contribution in [1.82, 2.24) is 20.0 Å². The molecule has 2 N–H and O–H groups in total. The van der Waals surface area contributed by atoms with Crippen LogP contribution >= 0.6 is 23.8 Å². The Labute approximate surface area is 128 Å². The third-order valence-electron chi connectivity index (χ3n) is 3.13. The highest BCUT2D eigenvalue weighted by Crippen LogP contribution is 2.22. The van der Waals surface area contributed by atoms with Gasteiger partial charge in [-0.2, -0.15) is 10.2 Å². The van der Waals surface area contributed by atoms with Crippen molar-refractivity contribution >= 4 is 28.8 Å². The third kappa shape index (κ3) is 2.53. The summed E-state index contributed by atoms with van der Waals surface area (Å²) in [4.78, 5) is 0.297. The molecule has 0 aliphatic rings. The first-order valence-corrected chi connectivity index (χ1v) is 7.18. The van der Waals surface area contributed by atoms with Gasteiger partial charge in [0.1, 0.15) is 4.99 Å². The molecule has 2 aromatic heterocycles. The molecule has 0 bridgehead atoms. The summed E-state index contributed by atoms with van der Waals surface area (Å²) in [5.41, 5.74) is 9.27. The van der Waals surface area contributed by atoms with Gasteiger partial charge in [-0.05, 0) is 25.3 Å². The normalized spacial score (nSPS) is 10.8. The second-order valence-electron chi connectivity index (χ2n) is 4.40. The Kier molecular flexibility index (Phi) is 4.35. The second-order valence-corrected chi connectivity index (χ2v) is 5.25.